The largest absolute Gasteiger partial charge is 0.491 e. The Hall–Kier alpha value is -1.75. The predicted molar refractivity (Wildman–Crippen MR) is 82.7 cm³/mol. The Morgan fingerprint density at radius 1 is 1.24 bits per heavy atom. The lowest BCUT2D eigenvalue weighted by atomic mass is 9.86. The first-order valence-corrected chi connectivity index (χ1v) is 6.94. The molecule has 0 fully saturated rings. The molecule has 0 bridgehead atoms. The van der Waals surface area contributed by atoms with Crippen molar-refractivity contribution in [3.8, 4) is 5.75 Å². The van der Waals surface area contributed by atoms with Gasteiger partial charge in [-0.25, -0.2) is 4.79 Å². The van der Waals surface area contributed by atoms with Gasteiger partial charge >= 0.3 is 5.97 Å². The number of benzene rings is 1. The molecule has 21 heavy (non-hydrogen) atoms. The van der Waals surface area contributed by atoms with Crippen molar-refractivity contribution in [2.45, 2.75) is 26.8 Å². The second kappa shape index (κ2) is 7.88. The molecule has 0 aliphatic rings. The van der Waals surface area contributed by atoms with E-state index in [-0.39, 0.29) is 11.4 Å². The number of esters is 1. The predicted octanol–water partition coefficient (Wildman–Crippen LogP) is 2.71. The van der Waals surface area contributed by atoms with Gasteiger partial charge in [0.2, 0.25) is 0 Å². The summed E-state index contributed by atoms with van der Waals surface area (Å²) in [6, 6.07) is 7.06. The van der Waals surface area contributed by atoms with E-state index in [9.17, 15) is 4.79 Å². The van der Waals surface area contributed by atoms with Crippen molar-refractivity contribution in [2.75, 3.05) is 32.8 Å². The van der Waals surface area contributed by atoms with Gasteiger partial charge < -0.3 is 19.5 Å². The van der Waals surface area contributed by atoms with Gasteiger partial charge in [0.15, 0.2) is 0 Å². The molecule has 0 saturated heterocycles. The van der Waals surface area contributed by atoms with Crippen LogP contribution in [0.4, 0.5) is 5.69 Å². The average molecular weight is 295 g/mol. The zero-order valence-electron chi connectivity index (χ0n) is 13.4. The Morgan fingerprint density at radius 3 is 2.52 bits per heavy atom. The zero-order valence-corrected chi connectivity index (χ0v) is 13.4. The number of ether oxygens (including phenoxy) is 3. The Balaban J connectivity index is 2.80. The van der Waals surface area contributed by atoms with E-state index in [0.717, 1.165) is 11.4 Å². The SMILES string of the molecule is COCCOc1cccc(N[C@H](C(=O)OC)C(C)(C)C)c1. The normalized spacial score (nSPS) is 12.6. The summed E-state index contributed by atoms with van der Waals surface area (Å²) >= 11 is 0. The van der Waals surface area contributed by atoms with Crippen LogP contribution in [0.3, 0.4) is 0 Å². The number of anilines is 1. The number of rotatable bonds is 7. The van der Waals surface area contributed by atoms with Gasteiger partial charge in [-0.15, -0.1) is 0 Å². The first kappa shape index (κ1) is 17.3. The minimum absolute atomic E-state index is 0.264. The van der Waals surface area contributed by atoms with E-state index in [2.05, 4.69) is 5.32 Å². The average Bonchev–Trinajstić information content (AvgIpc) is 2.43. The van der Waals surface area contributed by atoms with Gasteiger partial charge in [-0.3, -0.25) is 0 Å². The van der Waals surface area contributed by atoms with Crippen molar-refractivity contribution < 1.29 is 19.0 Å². The zero-order chi connectivity index (χ0) is 15.9. The maximum atomic E-state index is 11.9. The molecule has 118 valence electrons. The monoisotopic (exact) mass is 295 g/mol. The van der Waals surface area contributed by atoms with Gasteiger partial charge in [0.25, 0.3) is 0 Å². The minimum Gasteiger partial charge on any atom is -0.491 e. The topological polar surface area (TPSA) is 56.8 Å². The molecule has 5 heteroatoms. The van der Waals surface area contributed by atoms with Gasteiger partial charge in [-0.05, 0) is 17.5 Å². The fourth-order valence-corrected chi connectivity index (χ4v) is 1.83. The summed E-state index contributed by atoms with van der Waals surface area (Å²) < 4.78 is 15.4. The van der Waals surface area contributed by atoms with Crippen LogP contribution in [0, 0.1) is 5.41 Å². The molecule has 0 aliphatic heterocycles. The molecule has 0 heterocycles. The Kier molecular flexibility index (Phi) is 6.49. The molecule has 0 aromatic heterocycles. The molecular formula is C16H25NO4. The van der Waals surface area contributed by atoms with Gasteiger partial charge in [0.05, 0.1) is 13.7 Å². The van der Waals surface area contributed by atoms with E-state index in [0.29, 0.717) is 13.2 Å². The smallest absolute Gasteiger partial charge is 0.328 e. The quantitative estimate of drug-likeness (QED) is 0.619. The van der Waals surface area contributed by atoms with Gasteiger partial charge in [-0.1, -0.05) is 26.8 Å². The number of hydrogen-bond acceptors (Lipinski definition) is 5. The van der Waals surface area contributed by atoms with E-state index >= 15 is 0 Å². The second-order valence-corrected chi connectivity index (χ2v) is 5.84. The number of nitrogens with one attached hydrogen (secondary N) is 1. The molecule has 1 atom stereocenters. The standard InChI is InChI=1S/C16H25NO4/c1-16(2,3)14(15(18)20-5)17-12-7-6-8-13(11-12)21-10-9-19-4/h6-8,11,14,17H,9-10H2,1-5H3/t14-/m1/s1. The molecule has 0 saturated carbocycles. The van der Waals surface area contributed by atoms with Crippen LogP contribution in [-0.2, 0) is 14.3 Å². The highest BCUT2D eigenvalue weighted by Gasteiger charge is 2.32. The van der Waals surface area contributed by atoms with Crippen LogP contribution in [0.5, 0.6) is 5.75 Å². The number of methoxy groups -OCH3 is 2. The molecule has 0 spiro atoms. The van der Waals surface area contributed by atoms with Crippen LogP contribution in [-0.4, -0.2) is 39.4 Å². The molecule has 1 aromatic carbocycles. The van der Waals surface area contributed by atoms with E-state index in [1.165, 1.54) is 7.11 Å². The van der Waals surface area contributed by atoms with Crippen molar-refractivity contribution in [1.29, 1.82) is 0 Å². The molecule has 0 radical (unpaired) electrons. The lowest BCUT2D eigenvalue weighted by Gasteiger charge is -2.30. The molecule has 5 nitrogen and oxygen atoms in total. The molecule has 0 amide bonds. The summed E-state index contributed by atoms with van der Waals surface area (Å²) in [5.74, 6) is 0.447. The number of carbonyl (C=O) groups excluding carboxylic acids is 1. The molecule has 1 rings (SSSR count). The Morgan fingerprint density at radius 2 is 1.95 bits per heavy atom. The maximum absolute atomic E-state index is 11.9. The van der Waals surface area contributed by atoms with Crippen LogP contribution in [0.15, 0.2) is 24.3 Å². The lowest BCUT2D eigenvalue weighted by Crippen LogP contribution is -2.41. The fraction of sp³-hybridized carbons (Fsp3) is 0.562. The highest BCUT2D eigenvalue weighted by Crippen LogP contribution is 2.26. The Bertz CT molecular complexity index is 454. The summed E-state index contributed by atoms with van der Waals surface area (Å²) in [5, 5.41) is 3.21. The highest BCUT2D eigenvalue weighted by molar-refractivity contribution is 5.80. The summed E-state index contributed by atoms with van der Waals surface area (Å²) in [5.41, 5.74) is 0.551. The summed E-state index contributed by atoms with van der Waals surface area (Å²) in [4.78, 5) is 11.9. The van der Waals surface area contributed by atoms with Crippen molar-refractivity contribution in [1.82, 2.24) is 0 Å². The van der Waals surface area contributed by atoms with E-state index < -0.39 is 6.04 Å². The lowest BCUT2D eigenvalue weighted by molar-refractivity contribution is -0.143. The molecular weight excluding hydrogens is 270 g/mol. The Labute approximate surface area is 126 Å². The minimum atomic E-state index is -0.434. The maximum Gasteiger partial charge on any atom is 0.328 e. The first-order valence-electron chi connectivity index (χ1n) is 6.94. The van der Waals surface area contributed by atoms with Crippen LogP contribution in [0.25, 0.3) is 0 Å². The van der Waals surface area contributed by atoms with E-state index in [4.69, 9.17) is 14.2 Å². The van der Waals surface area contributed by atoms with Gasteiger partial charge in [-0.2, -0.15) is 0 Å². The summed E-state index contributed by atoms with van der Waals surface area (Å²) in [6.45, 7) is 6.98. The number of carbonyl (C=O) groups is 1. The summed E-state index contributed by atoms with van der Waals surface area (Å²) in [6.07, 6.45) is 0. The van der Waals surface area contributed by atoms with Crippen molar-refractivity contribution in [3.05, 3.63) is 24.3 Å². The van der Waals surface area contributed by atoms with E-state index in [1.807, 2.05) is 45.0 Å². The van der Waals surface area contributed by atoms with Crippen molar-refractivity contribution in [2.24, 2.45) is 5.41 Å². The molecule has 0 unspecified atom stereocenters. The molecule has 0 aliphatic carbocycles. The van der Waals surface area contributed by atoms with Crippen LogP contribution < -0.4 is 10.1 Å². The van der Waals surface area contributed by atoms with Crippen molar-refractivity contribution in [3.63, 3.8) is 0 Å². The highest BCUT2D eigenvalue weighted by atomic mass is 16.5. The molecule has 1 aromatic rings. The second-order valence-electron chi connectivity index (χ2n) is 5.84. The molecule has 1 N–H and O–H groups in total. The van der Waals surface area contributed by atoms with Crippen LogP contribution >= 0.6 is 0 Å². The first-order chi connectivity index (χ1) is 9.88. The number of hydrogen-bond donors (Lipinski definition) is 1. The van der Waals surface area contributed by atoms with Gasteiger partial charge in [0, 0.05) is 18.9 Å². The van der Waals surface area contributed by atoms with E-state index in [1.54, 1.807) is 7.11 Å². The third-order valence-corrected chi connectivity index (χ3v) is 3.00. The fourth-order valence-electron chi connectivity index (χ4n) is 1.83. The van der Waals surface area contributed by atoms with Gasteiger partial charge in [0.1, 0.15) is 18.4 Å². The van der Waals surface area contributed by atoms with Crippen LogP contribution in [0.1, 0.15) is 20.8 Å². The third kappa shape index (κ3) is 5.63. The van der Waals surface area contributed by atoms with Crippen LogP contribution in [0.2, 0.25) is 0 Å². The third-order valence-electron chi connectivity index (χ3n) is 3.00. The van der Waals surface area contributed by atoms with Crippen molar-refractivity contribution >= 4 is 11.7 Å². The summed E-state index contributed by atoms with van der Waals surface area (Å²) in [7, 11) is 3.03.